The molecule has 2 aliphatic rings. The largest absolute Gasteiger partial charge is 0.490 e. The SMILES string of the molecule is CCCCOc1cc2c(c(OCCCC)c1OCCCC)-c1nc-2nc2c3ccccc3c(nc3nc(nc4[nH]c(n1)c1c(OCCCC)c(OCCCC)c(OCCCC)c(OCCCC)c41)-c1ccccc1-3)n2OCCCC. The van der Waals surface area contributed by atoms with Gasteiger partial charge in [-0.25, -0.2) is 29.9 Å². The van der Waals surface area contributed by atoms with Gasteiger partial charge in [0.1, 0.15) is 17.9 Å². The van der Waals surface area contributed by atoms with E-state index in [1.807, 2.05) is 54.6 Å². The van der Waals surface area contributed by atoms with E-state index in [9.17, 15) is 0 Å². The highest BCUT2D eigenvalue weighted by molar-refractivity contribution is 6.14. The quantitative estimate of drug-likeness (QED) is 0.0395. The van der Waals surface area contributed by atoms with Crippen LogP contribution in [-0.2, 0) is 0 Å². The molecule has 0 spiro atoms. The van der Waals surface area contributed by atoms with Crippen LogP contribution in [0.5, 0.6) is 40.2 Å². The molecule has 0 radical (unpaired) electrons. The van der Waals surface area contributed by atoms with E-state index in [4.69, 9.17) is 67.9 Å². The lowest BCUT2D eigenvalue weighted by molar-refractivity contribution is 0.124. The number of benzene rings is 4. The van der Waals surface area contributed by atoms with Crippen LogP contribution in [0, 0.1) is 0 Å². The van der Waals surface area contributed by atoms with Crippen molar-refractivity contribution < 1.29 is 38.0 Å². The highest BCUT2D eigenvalue weighted by Gasteiger charge is 2.34. The number of hydrogen-bond donors (Lipinski definition) is 1. The van der Waals surface area contributed by atoms with Gasteiger partial charge in [0.15, 0.2) is 57.6 Å². The minimum atomic E-state index is 0.329. The second kappa shape index (κ2) is 28.2. The van der Waals surface area contributed by atoms with Crippen LogP contribution in [0.4, 0.5) is 0 Å². The number of fused-ring (bicyclic) bond motifs is 20. The summed E-state index contributed by atoms with van der Waals surface area (Å²) >= 11 is 0. The van der Waals surface area contributed by atoms with Gasteiger partial charge in [0.05, 0.1) is 62.6 Å². The topological polar surface area (TPSA) is 172 Å². The zero-order valence-electron chi connectivity index (χ0n) is 48.6. The molecular formula is C64H82N8O8. The van der Waals surface area contributed by atoms with E-state index in [2.05, 4.69) is 60.4 Å². The molecule has 0 saturated heterocycles. The lowest BCUT2D eigenvalue weighted by Crippen LogP contribution is -2.13. The highest BCUT2D eigenvalue weighted by Crippen LogP contribution is 2.55. The van der Waals surface area contributed by atoms with Crippen molar-refractivity contribution in [3.05, 3.63) is 54.6 Å². The maximum Gasteiger partial charge on any atom is 0.208 e. The Labute approximate surface area is 471 Å². The Hall–Kier alpha value is -7.36. The Morgan fingerprint density at radius 1 is 0.362 bits per heavy atom. The summed E-state index contributed by atoms with van der Waals surface area (Å²) in [6.07, 6.45) is 13.9. The van der Waals surface area contributed by atoms with Gasteiger partial charge in [-0.15, -0.1) is 4.73 Å². The summed E-state index contributed by atoms with van der Waals surface area (Å²) < 4.78 is 50.0. The van der Waals surface area contributed by atoms with Gasteiger partial charge < -0.3 is 43.0 Å². The van der Waals surface area contributed by atoms with Crippen molar-refractivity contribution in [3.8, 4) is 85.8 Å². The number of hydrogen-bond acceptors (Lipinski definition) is 14. The minimum Gasteiger partial charge on any atom is -0.490 e. The summed E-state index contributed by atoms with van der Waals surface area (Å²) in [5.41, 5.74) is 4.77. The monoisotopic (exact) mass is 1090 g/mol. The molecule has 0 unspecified atom stereocenters. The second-order valence-corrected chi connectivity index (χ2v) is 20.4. The van der Waals surface area contributed by atoms with E-state index in [-0.39, 0.29) is 0 Å². The molecule has 3 aromatic heterocycles. The van der Waals surface area contributed by atoms with Crippen LogP contribution in [0.25, 0.3) is 89.7 Å². The molecule has 426 valence electrons. The molecule has 0 fully saturated rings. The van der Waals surface area contributed by atoms with Crippen LogP contribution < -0.4 is 38.0 Å². The number of H-pyrrole nitrogens is 1. The van der Waals surface area contributed by atoms with Crippen molar-refractivity contribution in [3.63, 3.8) is 0 Å². The fourth-order valence-corrected chi connectivity index (χ4v) is 9.57. The summed E-state index contributed by atoms with van der Waals surface area (Å²) in [7, 11) is 0. The van der Waals surface area contributed by atoms with E-state index in [1.54, 1.807) is 4.73 Å². The van der Waals surface area contributed by atoms with Gasteiger partial charge in [-0.3, -0.25) is 0 Å². The number of rotatable bonds is 32. The third-order valence-corrected chi connectivity index (χ3v) is 14.1. The van der Waals surface area contributed by atoms with Gasteiger partial charge in [0.2, 0.25) is 17.2 Å². The molecule has 16 nitrogen and oxygen atoms in total. The van der Waals surface area contributed by atoms with E-state index in [0.29, 0.717) is 161 Å². The molecule has 9 rings (SSSR count). The summed E-state index contributed by atoms with van der Waals surface area (Å²) in [4.78, 5) is 43.5. The number of aromatic amines is 1. The van der Waals surface area contributed by atoms with E-state index >= 15 is 0 Å². The van der Waals surface area contributed by atoms with Crippen molar-refractivity contribution in [2.75, 3.05) is 52.9 Å². The van der Waals surface area contributed by atoms with Gasteiger partial charge in [-0.2, -0.15) is 0 Å². The Kier molecular flexibility index (Phi) is 20.2. The first-order valence-corrected chi connectivity index (χ1v) is 29.9. The van der Waals surface area contributed by atoms with Crippen molar-refractivity contribution in [2.45, 2.75) is 158 Å². The Bertz CT molecular complexity index is 3390. The molecule has 0 aliphatic carbocycles. The summed E-state index contributed by atoms with van der Waals surface area (Å²) in [5.74, 6) is 5.04. The van der Waals surface area contributed by atoms with Gasteiger partial charge >= 0.3 is 0 Å². The Morgan fingerprint density at radius 3 is 1.23 bits per heavy atom. The van der Waals surface area contributed by atoms with Crippen LogP contribution in [0.3, 0.4) is 0 Å². The fourth-order valence-electron chi connectivity index (χ4n) is 9.57. The Morgan fingerprint density at radius 2 is 0.738 bits per heavy atom. The molecule has 8 bridgehead atoms. The van der Waals surface area contributed by atoms with Gasteiger partial charge in [-0.1, -0.05) is 155 Å². The predicted molar refractivity (Wildman–Crippen MR) is 319 cm³/mol. The lowest BCUT2D eigenvalue weighted by Gasteiger charge is -2.21. The molecule has 80 heavy (non-hydrogen) atoms. The summed E-state index contributed by atoms with van der Waals surface area (Å²) in [5, 5.41) is 2.85. The molecule has 0 saturated carbocycles. The molecule has 5 heterocycles. The van der Waals surface area contributed by atoms with Gasteiger partial charge in [0.25, 0.3) is 0 Å². The number of unbranched alkanes of at least 4 members (excludes halogenated alkanes) is 8. The van der Waals surface area contributed by atoms with Crippen molar-refractivity contribution in [1.29, 1.82) is 0 Å². The first-order valence-electron chi connectivity index (χ1n) is 29.9. The van der Waals surface area contributed by atoms with E-state index < -0.39 is 0 Å². The molecule has 4 aromatic carbocycles. The lowest BCUT2D eigenvalue weighted by atomic mass is 10.0. The average Bonchev–Trinajstić information content (AvgIpc) is 3.78. The van der Waals surface area contributed by atoms with Crippen molar-refractivity contribution >= 4 is 44.1 Å². The zero-order valence-corrected chi connectivity index (χ0v) is 48.6. The van der Waals surface area contributed by atoms with Crippen LogP contribution >= 0.6 is 0 Å². The van der Waals surface area contributed by atoms with Gasteiger partial charge in [-0.05, 0) is 57.4 Å². The van der Waals surface area contributed by atoms with Crippen LogP contribution in [-0.4, -0.2) is 92.5 Å². The molecule has 0 atom stereocenters. The molecule has 2 aliphatic heterocycles. The molecule has 1 N–H and O–H groups in total. The third kappa shape index (κ3) is 12.3. The number of aromatic nitrogens is 8. The molecule has 0 amide bonds. The van der Waals surface area contributed by atoms with Gasteiger partial charge in [0, 0.05) is 27.5 Å². The smallest absolute Gasteiger partial charge is 0.208 e. The average molecular weight is 1090 g/mol. The van der Waals surface area contributed by atoms with Crippen LogP contribution in [0.15, 0.2) is 54.6 Å². The molecular weight excluding hydrogens is 1010 g/mol. The standard InChI is InChI=1S/C64H82N8O8/c1-9-17-33-73-47-41-46-48(52(75-35-19-11-3)51(47)74-34-18-10-2)60-67-59(46)71-64-45-32-28-27-31-44(45)63(72(64)80-40-24-16-8)70-58-43-30-26-25-29-42(43)57(65-58)66-61-49-50(62(68-60)69-61)54(77-37-21-13-5)56(79-39-23-15-7)55(78-38-22-14-6)53(49)76-36-20-12-4/h25-32,41H,9-24,33-40H2,1-8H3,(H,65,66,67,68,69,70,71). The fraction of sp³-hybridized carbons (Fsp3) is 0.500. The molecule has 16 heteroatoms. The first kappa shape index (κ1) is 57.3. The number of nitrogens with one attached hydrogen (secondary N) is 1. The van der Waals surface area contributed by atoms with Crippen LogP contribution in [0.1, 0.15) is 158 Å². The first-order chi connectivity index (χ1) is 39.4. The van der Waals surface area contributed by atoms with E-state index in [1.165, 1.54) is 0 Å². The third-order valence-electron chi connectivity index (χ3n) is 14.1. The molecule has 7 aromatic rings. The minimum absolute atomic E-state index is 0.329. The summed E-state index contributed by atoms with van der Waals surface area (Å²) in [6, 6.07) is 18.1. The Balaban J connectivity index is 1.53. The maximum absolute atomic E-state index is 7.03. The highest BCUT2D eigenvalue weighted by atomic mass is 16.7. The normalized spacial score (nSPS) is 11.7. The van der Waals surface area contributed by atoms with Crippen molar-refractivity contribution in [1.82, 2.24) is 39.6 Å². The van der Waals surface area contributed by atoms with E-state index in [0.717, 1.165) is 125 Å². The number of nitrogens with zero attached hydrogens (tertiary/aromatic N) is 7. The predicted octanol–water partition coefficient (Wildman–Crippen LogP) is 15.8. The second-order valence-electron chi connectivity index (χ2n) is 20.4. The number of ether oxygens (including phenoxy) is 7. The maximum atomic E-state index is 7.03. The summed E-state index contributed by atoms with van der Waals surface area (Å²) in [6.45, 7) is 20.6. The van der Waals surface area contributed by atoms with Crippen molar-refractivity contribution in [2.24, 2.45) is 0 Å². The zero-order chi connectivity index (χ0) is 55.8. The van der Waals surface area contributed by atoms with Crippen LogP contribution in [0.2, 0.25) is 0 Å².